The number of aromatic nitrogens is 1. The van der Waals surface area contributed by atoms with Crippen LogP contribution in [-0.4, -0.2) is 24.0 Å². The predicted molar refractivity (Wildman–Crippen MR) is 93.2 cm³/mol. The van der Waals surface area contributed by atoms with E-state index in [0.717, 1.165) is 22.9 Å². The number of para-hydroxylation sites is 1. The minimum absolute atomic E-state index is 0.0503. The van der Waals surface area contributed by atoms with Gasteiger partial charge in [-0.25, -0.2) is 0 Å². The third-order valence-corrected chi connectivity index (χ3v) is 4.43. The molecule has 1 N–H and O–H groups in total. The van der Waals surface area contributed by atoms with Crippen LogP contribution < -0.4 is 10.1 Å². The Hall–Kier alpha value is -2.88. The van der Waals surface area contributed by atoms with E-state index in [0.29, 0.717) is 24.6 Å². The Bertz CT molecular complexity index is 886. The van der Waals surface area contributed by atoms with Crippen molar-refractivity contribution < 1.29 is 9.53 Å². The molecule has 1 aliphatic heterocycles. The number of nitrogens with zero attached hydrogens (tertiary/aromatic N) is 1. The van der Waals surface area contributed by atoms with E-state index in [2.05, 4.69) is 16.4 Å². The first kappa shape index (κ1) is 14.7. The number of hydrogen-bond acceptors (Lipinski definition) is 3. The van der Waals surface area contributed by atoms with Crippen LogP contribution in [-0.2, 0) is 6.42 Å². The average molecular weight is 318 g/mol. The number of carbonyl (C=O) groups is 1. The number of rotatable bonds is 3. The van der Waals surface area contributed by atoms with Crippen molar-refractivity contribution in [3.8, 4) is 5.75 Å². The highest BCUT2D eigenvalue weighted by molar-refractivity contribution is 6.06. The molecule has 1 amide bonds. The van der Waals surface area contributed by atoms with Gasteiger partial charge in [-0.1, -0.05) is 30.3 Å². The fourth-order valence-corrected chi connectivity index (χ4v) is 3.17. The van der Waals surface area contributed by atoms with Crippen LogP contribution in [0.25, 0.3) is 10.8 Å². The Morgan fingerprint density at radius 2 is 2.08 bits per heavy atom. The summed E-state index contributed by atoms with van der Waals surface area (Å²) < 4.78 is 5.78. The molecule has 1 atom stereocenters. The number of pyridine rings is 1. The van der Waals surface area contributed by atoms with Crippen molar-refractivity contribution in [3.63, 3.8) is 0 Å². The summed E-state index contributed by atoms with van der Waals surface area (Å²) >= 11 is 0. The Morgan fingerprint density at radius 1 is 1.17 bits per heavy atom. The summed E-state index contributed by atoms with van der Waals surface area (Å²) in [5.41, 5.74) is 1.89. The molecule has 0 fully saturated rings. The number of hydrogen-bond donors (Lipinski definition) is 1. The minimum Gasteiger partial charge on any atom is -0.493 e. The molecule has 4 rings (SSSR count). The SMILES string of the molecule is O=C(NC[C@@H]1COc2ccccc2C1)c1cccc2cnccc12. The Labute approximate surface area is 140 Å². The van der Waals surface area contributed by atoms with Crippen molar-refractivity contribution in [2.75, 3.05) is 13.2 Å². The van der Waals surface area contributed by atoms with E-state index in [1.54, 1.807) is 12.4 Å². The summed E-state index contributed by atoms with van der Waals surface area (Å²) in [5, 5.41) is 4.95. The van der Waals surface area contributed by atoms with Crippen molar-refractivity contribution in [2.24, 2.45) is 5.92 Å². The zero-order valence-corrected chi connectivity index (χ0v) is 13.2. The highest BCUT2D eigenvalue weighted by atomic mass is 16.5. The van der Waals surface area contributed by atoms with Gasteiger partial charge in [-0.2, -0.15) is 0 Å². The second-order valence-corrected chi connectivity index (χ2v) is 6.10. The smallest absolute Gasteiger partial charge is 0.251 e. The topological polar surface area (TPSA) is 51.2 Å². The van der Waals surface area contributed by atoms with Crippen molar-refractivity contribution in [2.45, 2.75) is 6.42 Å². The lowest BCUT2D eigenvalue weighted by molar-refractivity contribution is 0.0940. The molecule has 4 heteroatoms. The van der Waals surface area contributed by atoms with Crippen LogP contribution in [0.2, 0.25) is 0 Å². The van der Waals surface area contributed by atoms with Gasteiger partial charge in [-0.3, -0.25) is 9.78 Å². The van der Waals surface area contributed by atoms with Crippen LogP contribution in [0.15, 0.2) is 60.9 Å². The maximum absolute atomic E-state index is 12.6. The summed E-state index contributed by atoms with van der Waals surface area (Å²) in [6, 6.07) is 15.7. The van der Waals surface area contributed by atoms with Crippen LogP contribution in [0.5, 0.6) is 5.75 Å². The summed E-state index contributed by atoms with van der Waals surface area (Å²) in [6.45, 7) is 1.24. The number of ether oxygens (including phenoxy) is 1. The fourth-order valence-electron chi connectivity index (χ4n) is 3.17. The maximum atomic E-state index is 12.6. The van der Waals surface area contributed by atoms with E-state index >= 15 is 0 Å². The first-order chi connectivity index (χ1) is 11.8. The van der Waals surface area contributed by atoms with Crippen LogP contribution in [0.1, 0.15) is 15.9 Å². The largest absolute Gasteiger partial charge is 0.493 e. The van der Waals surface area contributed by atoms with Crippen molar-refractivity contribution >= 4 is 16.7 Å². The van der Waals surface area contributed by atoms with Gasteiger partial charge in [0.15, 0.2) is 0 Å². The zero-order chi connectivity index (χ0) is 16.4. The van der Waals surface area contributed by atoms with E-state index in [-0.39, 0.29) is 5.91 Å². The van der Waals surface area contributed by atoms with E-state index in [4.69, 9.17) is 4.74 Å². The molecule has 0 saturated carbocycles. The third-order valence-electron chi connectivity index (χ3n) is 4.43. The normalized spacial score (nSPS) is 16.2. The summed E-state index contributed by atoms with van der Waals surface area (Å²) in [7, 11) is 0. The first-order valence-corrected chi connectivity index (χ1v) is 8.13. The minimum atomic E-state index is -0.0503. The molecule has 0 saturated heterocycles. The average Bonchev–Trinajstić information content (AvgIpc) is 2.65. The predicted octanol–water partition coefficient (Wildman–Crippen LogP) is 3.22. The molecule has 1 aromatic heterocycles. The fraction of sp³-hybridized carbons (Fsp3) is 0.200. The summed E-state index contributed by atoms with van der Waals surface area (Å²) in [4.78, 5) is 16.7. The molecule has 0 bridgehead atoms. The van der Waals surface area contributed by atoms with Crippen LogP contribution in [0, 0.1) is 5.92 Å². The van der Waals surface area contributed by atoms with Crippen LogP contribution in [0.4, 0.5) is 0 Å². The molecule has 0 radical (unpaired) electrons. The number of amides is 1. The van der Waals surface area contributed by atoms with E-state index in [1.807, 2.05) is 42.5 Å². The van der Waals surface area contributed by atoms with Gasteiger partial charge in [0.2, 0.25) is 0 Å². The van der Waals surface area contributed by atoms with Crippen molar-refractivity contribution in [3.05, 3.63) is 72.1 Å². The lowest BCUT2D eigenvalue weighted by Gasteiger charge is -2.25. The van der Waals surface area contributed by atoms with Gasteiger partial charge in [0.05, 0.1) is 6.61 Å². The molecule has 1 aliphatic rings. The lowest BCUT2D eigenvalue weighted by atomic mass is 9.96. The molecular formula is C20H18N2O2. The first-order valence-electron chi connectivity index (χ1n) is 8.13. The molecule has 4 nitrogen and oxygen atoms in total. The molecule has 0 unspecified atom stereocenters. The summed E-state index contributed by atoms with van der Waals surface area (Å²) in [5.74, 6) is 1.20. The van der Waals surface area contributed by atoms with Gasteiger partial charge in [-0.05, 0) is 35.6 Å². The van der Waals surface area contributed by atoms with E-state index < -0.39 is 0 Å². The molecule has 0 spiro atoms. The number of benzene rings is 2. The third kappa shape index (κ3) is 2.83. The second-order valence-electron chi connectivity index (χ2n) is 6.10. The summed E-state index contributed by atoms with van der Waals surface area (Å²) in [6.07, 6.45) is 4.42. The van der Waals surface area contributed by atoms with Crippen molar-refractivity contribution in [1.29, 1.82) is 0 Å². The van der Waals surface area contributed by atoms with Crippen molar-refractivity contribution in [1.82, 2.24) is 10.3 Å². The van der Waals surface area contributed by atoms with Gasteiger partial charge >= 0.3 is 0 Å². The quantitative estimate of drug-likeness (QED) is 0.807. The van der Waals surface area contributed by atoms with Crippen LogP contribution >= 0.6 is 0 Å². The Morgan fingerprint density at radius 3 is 3.04 bits per heavy atom. The standard InChI is InChI=1S/C20H18N2O2/c23-20(18-6-3-5-16-12-21-9-8-17(16)18)22-11-14-10-15-4-1-2-7-19(15)24-13-14/h1-9,12,14H,10-11,13H2,(H,22,23)/t14-/m1/s1. The molecule has 3 aromatic rings. The molecule has 2 heterocycles. The monoisotopic (exact) mass is 318 g/mol. The van der Waals surface area contributed by atoms with Gasteiger partial charge in [0.1, 0.15) is 5.75 Å². The van der Waals surface area contributed by atoms with Gasteiger partial charge in [0.25, 0.3) is 5.91 Å². The second kappa shape index (κ2) is 6.32. The lowest BCUT2D eigenvalue weighted by Crippen LogP contribution is -2.34. The number of nitrogens with one attached hydrogen (secondary N) is 1. The van der Waals surface area contributed by atoms with Gasteiger partial charge < -0.3 is 10.1 Å². The van der Waals surface area contributed by atoms with Gasteiger partial charge in [-0.15, -0.1) is 0 Å². The van der Waals surface area contributed by atoms with Gasteiger partial charge in [0, 0.05) is 35.8 Å². The zero-order valence-electron chi connectivity index (χ0n) is 13.2. The molecular weight excluding hydrogens is 300 g/mol. The number of fused-ring (bicyclic) bond motifs is 2. The Kier molecular flexibility index (Phi) is 3.87. The Balaban J connectivity index is 1.45. The highest BCUT2D eigenvalue weighted by Crippen LogP contribution is 2.26. The highest BCUT2D eigenvalue weighted by Gasteiger charge is 2.20. The van der Waals surface area contributed by atoms with E-state index in [9.17, 15) is 4.79 Å². The molecule has 2 aromatic carbocycles. The molecule has 0 aliphatic carbocycles. The number of carbonyl (C=O) groups excluding carboxylic acids is 1. The molecule has 24 heavy (non-hydrogen) atoms. The van der Waals surface area contributed by atoms with E-state index in [1.165, 1.54) is 5.56 Å². The maximum Gasteiger partial charge on any atom is 0.251 e. The van der Waals surface area contributed by atoms with Crippen LogP contribution in [0.3, 0.4) is 0 Å². The molecule has 120 valence electrons.